The van der Waals surface area contributed by atoms with Crippen LogP contribution >= 0.6 is 17.0 Å². The summed E-state index contributed by atoms with van der Waals surface area (Å²) in [4.78, 5) is 4.61. The van der Waals surface area contributed by atoms with Gasteiger partial charge in [0.25, 0.3) is 0 Å². The van der Waals surface area contributed by atoms with Crippen LogP contribution in [-0.2, 0) is 20.8 Å². The summed E-state index contributed by atoms with van der Waals surface area (Å²) < 4.78 is 0. The van der Waals surface area contributed by atoms with Gasteiger partial charge >= 0.3 is 37.9 Å². The molecule has 0 aromatic heterocycles. The van der Waals surface area contributed by atoms with E-state index in [2.05, 4.69) is 4.99 Å². The van der Waals surface area contributed by atoms with Gasteiger partial charge in [-0.15, -0.1) is 0 Å². The third-order valence-corrected chi connectivity index (χ3v) is 3.75. The number of halogens is 2. The molecule has 18 heavy (non-hydrogen) atoms. The Balaban J connectivity index is 0.000000367. The van der Waals surface area contributed by atoms with Crippen LogP contribution in [0.15, 0.2) is 23.2 Å². The van der Waals surface area contributed by atoms with E-state index in [1.54, 1.807) is 0 Å². The van der Waals surface area contributed by atoms with Gasteiger partial charge in [0.05, 0.1) is 5.54 Å². The SMILES string of the molecule is Cc1cccc(C=NC23CC(C2)C3)c1O.[Cl][Zr][Cl]. The van der Waals surface area contributed by atoms with Crippen LogP contribution in [0.2, 0.25) is 0 Å². The fraction of sp³-hybridized carbons (Fsp3) is 0.462. The minimum absolute atomic E-state index is 0.265. The average molecular weight is 363 g/mol. The molecule has 4 rings (SSSR count). The summed E-state index contributed by atoms with van der Waals surface area (Å²) in [6.07, 6.45) is 5.62. The number of aryl methyl sites for hydroxylation is 1. The first-order valence-corrected chi connectivity index (χ1v) is 12.2. The molecule has 0 aliphatic heterocycles. The molecule has 0 atom stereocenters. The quantitative estimate of drug-likeness (QED) is 0.790. The molecule has 3 saturated carbocycles. The van der Waals surface area contributed by atoms with Gasteiger partial charge in [0.15, 0.2) is 0 Å². The third-order valence-electron chi connectivity index (χ3n) is 3.75. The van der Waals surface area contributed by atoms with Crippen molar-refractivity contribution in [1.29, 1.82) is 0 Å². The molecular formula is C13H15Cl2NOZr. The predicted octanol–water partition coefficient (Wildman–Crippen LogP) is 4.05. The molecule has 0 unspecified atom stereocenters. The van der Waals surface area contributed by atoms with Crippen molar-refractivity contribution in [3.8, 4) is 5.75 Å². The zero-order valence-corrected chi connectivity index (χ0v) is 14.1. The first-order valence-electron chi connectivity index (χ1n) is 5.90. The normalized spacial score (nSPS) is 27.8. The number of hydrogen-bond donors (Lipinski definition) is 1. The van der Waals surface area contributed by atoms with Gasteiger partial charge in [0.1, 0.15) is 5.75 Å². The van der Waals surface area contributed by atoms with Crippen molar-refractivity contribution in [3.63, 3.8) is 0 Å². The molecule has 2 nitrogen and oxygen atoms in total. The fourth-order valence-corrected chi connectivity index (χ4v) is 2.58. The minimum atomic E-state index is -0.826. The summed E-state index contributed by atoms with van der Waals surface area (Å²) in [6, 6.07) is 5.78. The van der Waals surface area contributed by atoms with Gasteiger partial charge in [0.2, 0.25) is 0 Å². The Morgan fingerprint density at radius 1 is 1.39 bits per heavy atom. The van der Waals surface area contributed by atoms with Crippen LogP contribution in [0, 0.1) is 12.8 Å². The van der Waals surface area contributed by atoms with E-state index in [0.717, 1.165) is 17.0 Å². The second kappa shape index (κ2) is 6.07. The topological polar surface area (TPSA) is 32.6 Å². The van der Waals surface area contributed by atoms with Gasteiger partial charge in [-0.2, -0.15) is 0 Å². The molecule has 2 bridgehead atoms. The van der Waals surface area contributed by atoms with Crippen molar-refractivity contribution in [1.82, 2.24) is 0 Å². The Hall–Kier alpha value is 0.153. The molecule has 96 valence electrons. The molecule has 0 spiro atoms. The van der Waals surface area contributed by atoms with Crippen LogP contribution in [0.4, 0.5) is 0 Å². The Bertz CT molecular complexity index is 447. The van der Waals surface area contributed by atoms with E-state index >= 15 is 0 Å². The van der Waals surface area contributed by atoms with Crippen LogP contribution in [-0.4, -0.2) is 16.9 Å². The maximum absolute atomic E-state index is 9.81. The number of benzene rings is 1. The zero-order chi connectivity index (χ0) is 13.2. The van der Waals surface area contributed by atoms with E-state index in [1.807, 2.05) is 31.3 Å². The molecule has 3 aliphatic rings. The fourth-order valence-electron chi connectivity index (χ4n) is 2.58. The second-order valence-electron chi connectivity index (χ2n) is 5.05. The van der Waals surface area contributed by atoms with E-state index < -0.39 is 20.8 Å². The van der Waals surface area contributed by atoms with E-state index in [0.29, 0.717) is 5.75 Å². The van der Waals surface area contributed by atoms with Crippen LogP contribution in [0.1, 0.15) is 30.4 Å². The molecule has 3 aliphatic carbocycles. The second-order valence-corrected chi connectivity index (χ2v) is 8.78. The van der Waals surface area contributed by atoms with Gasteiger partial charge in [-0.05, 0) is 43.7 Å². The number of aromatic hydroxyl groups is 1. The van der Waals surface area contributed by atoms with Gasteiger partial charge in [-0.25, -0.2) is 0 Å². The Morgan fingerprint density at radius 3 is 2.50 bits per heavy atom. The Morgan fingerprint density at radius 2 is 2.00 bits per heavy atom. The van der Waals surface area contributed by atoms with Crippen LogP contribution in [0.3, 0.4) is 0 Å². The van der Waals surface area contributed by atoms with E-state index in [4.69, 9.17) is 17.0 Å². The van der Waals surface area contributed by atoms with Crippen LogP contribution < -0.4 is 0 Å². The molecule has 5 heteroatoms. The molecule has 0 heterocycles. The van der Waals surface area contributed by atoms with Gasteiger partial charge in [0, 0.05) is 11.8 Å². The number of nitrogens with zero attached hydrogens (tertiary/aromatic N) is 1. The standard InChI is InChI=1S/C13H15NO.2ClH.Zr/c1-9-3-2-4-11(12(9)15)8-14-13-5-10(6-13)7-13;;;/h2-4,8,10,15H,5-7H2,1H3;2*1H;/q;;;+2/p-2. The first kappa shape index (κ1) is 14.6. The number of para-hydroxylation sites is 1. The number of phenols is 1. The molecule has 0 saturated heterocycles. The van der Waals surface area contributed by atoms with E-state index in [-0.39, 0.29) is 5.54 Å². The zero-order valence-electron chi connectivity index (χ0n) is 10.2. The summed E-state index contributed by atoms with van der Waals surface area (Å²) in [7, 11) is 9.87. The predicted molar refractivity (Wildman–Crippen MR) is 72.2 cm³/mol. The van der Waals surface area contributed by atoms with Crippen molar-refractivity contribution in [3.05, 3.63) is 29.3 Å². The summed E-state index contributed by atoms with van der Waals surface area (Å²) in [5.41, 5.74) is 2.03. The number of hydrogen-bond acceptors (Lipinski definition) is 2. The molecule has 0 amide bonds. The molecule has 0 radical (unpaired) electrons. The van der Waals surface area contributed by atoms with Crippen LogP contribution in [0.25, 0.3) is 0 Å². The Kier molecular flexibility index (Phi) is 4.91. The summed E-state index contributed by atoms with van der Waals surface area (Å²) in [5.74, 6) is 1.32. The molecule has 3 fully saturated rings. The van der Waals surface area contributed by atoms with Crippen molar-refractivity contribution < 1.29 is 26.0 Å². The van der Waals surface area contributed by atoms with Crippen molar-refractivity contribution in [2.45, 2.75) is 31.7 Å². The summed E-state index contributed by atoms with van der Waals surface area (Å²) in [5, 5.41) is 9.81. The van der Waals surface area contributed by atoms with Gasteiger partial charge < -0.3 is 5.11 Å². The monoisotopic (exact) mass is 361 g/mol. The number of rotatable bonds is 2. The van der Waals surface area contributed by atoms with Crippen molar-refractivity contribution in [2.24, 2.45) is 10.9 Å². The first-order chi connectivity index (χ1) is 8.60. The summed E-state index contributed by atoms with van der Waals surface area (Å²) >= 11 is -0.826. The van der Waals surface area contributed by atoms with Crippen molar-refractivity contribution in [2.75, 3.05) is 0 Å². The number of aliphatic imine (C=N–C) groups is 1. The van der Waals surface area contributed by atoms with E-state index in [9.17, 15) is 5.11 Å². The van der Waals surface area contributed by atoms with Crippen LogP contribution in [0.5, 0.6) is 5.75 Å². The third kappa shape index (κ3) is 3.00. The maximum atomic E-state index is 9.81. The van der Waals surface area contributed by atoms with Gasteiger partial charge in [-0.3, -0.25) is 4.99 Å². The molecule has 1 aromatic carbocycles. The number of phenolic OH excluding ortho intramolecular Hbond substituents is 1. The molecular weight excluding hydrogens is 348 g/mol. The van der Waals surface area contributed by atoms with Gasteiger partial charge in [-0.1, -0.05) is 12.1 Å². The molecule has 1 aromatic rings. The van der Waals surface area contributed by atoms with E-state index in [1.165, 1.54) is 19.3 Å². The summed E-state index contributed by atoms with van der Waals surface area (Å²) in [6.45, 7) is 1.91. The Labute approximate surface area is 126 Å². The van der Waals surface area contributed by atoms with Crippen molar-refractivity contribution >= 4 is 23.2 Å². The average Bonchev–Trinajstić information content (AvgIpc) is 2.21. The molecule has 1 N–H and O–H groups in total.